The van der Waals surface area contributed by atoms with Crippen LogP contribution in [0.1, 0.15) is 16.8 Å². The molecule has 4 heteroatoms. The first-order chi connectivity index (χ1) is 6.20. The molecule has 0 radical (unpaired) electrons. The lowest BCUT2D eigenvalue weighted by Crippen LogP contribution is -2.12. The number of halogens is 3. The molecule has 2 rings (SSSR count). The van der Waals surface area contributed by atoms with Gasteiger partial charge in [-0.2, -0.15) is 0 Å². The van der Waals surface area contributed by atoms with Crippen LogP contribution in [0.25, 0.3) is 0 Å². The van der Waals surface area contributed by atoms with E-state index in [0.717, 1.165) is 6.42 Å². The molecule has 1 heterocycles. The third-order valence-corrected chi connectivity index (χ3v) is 3.24. The van der Waals surface area contributed by atoms with Gasteiger partial charge < -0.3 is 4.74 Å². The molecule has 13 heavy (non-hydrogen) atoms. The van der Waals surface area contributed by atoms with Crippen molar-refractivity contribution in [1.29, 1.82) is 0 Å². The first kappa shape index (κ1) is 9.28. The van der Waals surface area contributed by atoms with E-state index in [4.69, 9.17) is 16.3 Å². The first-order valence-electron chi connectivity index (χ1n) is 3.95. The van der Waals surface area contributed by atoms with Crippen molar-refractivity contribution in [2.24, 2.45) is 0 Å². The van der Waals surface area contributed by atoms with Gasteiger partial charge in [-0.05, 0) is 18.6 Å². The van der Waals surface area contributed by atoms with Crippen molar-refractivity contribution in [2.45, 2.75) is 11.2 Å². The van der Waals surface area contributed by atoms with Crippen LogP contribution in [0, 0.1) is 5.82 Å². The maximum atomic E-state index is 13.5. The van der Waals surface area contributed by atoms with Gasteiger partial charge in [0.05, 0.1) is 11.6 Å². The molecule has 1 aliphatic heterocycles. The second kappa shape index (κ2) is 3.46. The van der Waals surface area contributed by atoms with E-state index in [0.29, 0.717) is 17.9 Å². The Morgan fingerprint density at radius 2 is 2.31 bits per heavy atom. The lowest BCUT2D eigenvalue weighted by atomic mass is 10.1. The molecule has 0 N–H and O–H groups in total. The SMILES string of the molecule is Fc1c(Cl)ccc2c1C(Br)CCO2. The Kier molecular flexibility index (Phi) is 2.47. The molecule has 1 aromatic rings. The maximum absolute atomic E-state index is 13.5. The number of benzene rings is 1. The van der Waals surface area contributed by atoms with Gasteiger partial charge in [-0.15, -0.1) is 0 Å². The zero-order valence-corrected chi connectivity index (χ0v) is 9.03. The van der Waals surface area contributed by atoms with Crippen LogP contribution in [0.3, 0.4) is 0 Å². The minimum Gasteiger partial charge on any atom is -0.493 e. The summed E-state index contributed by atoms with van der Waals surface area (Å²) in [6.07, 6.45) is 0.768. The fourth-order valence-electron chi connectivity index (χ4n) is 1.38. The molecule has 0 spiro atoms. The molecular weight excluding hydrogens is 258 g/mol. The van der Waals surface area contributed by atoms with Gasteiger partial charge in [0, 0.05) is 10.4 Å². The molecule has 0 aromatic heterocycles. The van der Waals surface area contributed by atoms with Crippen molar-refractivity contribution in [1.82, 2.24) is 0 Å². The number of hydrogen-bond acceptors (Lipinski definition) is 1. The van der Waals surface area contributed by atoms with E-state index in [1.165, 1.54) is 6.07 Å². The van der Waals surface area contributed by atoms with Crippen molar-refractivity contribution in [3.05, 3.63) is 28.5 Å². The molecule has 1 unspecified atom stereocenters. The van der Waals surface area contributed by atoms with Gasteiger partial charge in [0.25, 0.3) is 0 Å². The smallest absolute Gasteiger partial charge is 0.149 e. The van der Waals surface area contributed by atoms with E-state index < -0.39 is 0 Å². The van der Waals surface area contributed by atoms with Crippen LogP contribution in [0.4, 0.5) is 4.39 Å². The van der Waals surface area contributed by atoms with E-state index in [9.17, 15) is 4.39 Å². The minimum absolute atomic E-state index is 0.00921. The van der Waals surface area contributed by atoms with Crippen LogP contribution >= 0.6 is 27.5 Å². The van der Waals surface area contributed by atoms with Gasteiger partial charge >= 0.3 is 0 Å². The van der Waals surface area contributed by atoms with Crippen molar-refractivity contribution in [3.63, 3.8) is 0 Å². The normalized spacial score (nSPS) is 20.7. The molecule has 0 aliphatic carbocycles. The third kappa shape index (κ3) is 1.55. The summed E-state index contributed by atoms with van der Waals surface area (Å²) in [5, 5.41) is 0.147. The van der Waals surface area contributed by atoms with E-state index >= 15 is 0 Å². The number of fused-ring (bicyclic) bond motifs is 1. The molecule has 0 fully saturated rings. The van der Waals surface area contributed by atoms with E-state index in [1.54, 1.807) is 6.07 Å². The zero-order valence-electron chi connectivity index (χ0n) is 6.69. The molecular formula is C9H7BrClFO. The van der Waals surface area contributed by atoms with Crippen molar-refractivity contribution < 1.29 is 9.13 Å². The van der Waals surface area contributed by atoms with Crippen molar-refractivity contribution >= 4 is 27.5 Å². The quantitative estimate of drug-likeness (QED) is 0.650. The highest BCUT2D eigenvalue weighted by atomic mass is 79.9. The van der Waals surface area contributed by atoms with Crippen LogP contribution in [0.15, 0.2) is 12.1 Å². The Morgan fingerprint density at radius 1 is 1.54 bits per heavy atom. The van der Waals surface area contributed by atoms with Crippen LogP contribution in [-0.2, 0) is 0 Å². The van der Waals surface area contributed by atoms with Gasteiger partial charge in [-0.3, -0.25) is 0 Å². The van der Waals surface area contributed by atoms with E-state index in [1.807, 2.05) is 0 Å². The molecule has 70 valence electrons. The van der Waals surface area contributed by atoms with Crippen LogP contribution in [0.2, 0.25) is 5.02 Å². The second-order valence-corrected chi connectivity index (χ2v) is 4.39. The van der Waals surface area contributed by atoms with E-state index in [-0.39, 0.29) is 15.7 Å². The number of ether oxygens (including phenoxy) is 1. The van der Waals surface area contributed by atoms with E-state index in [2.05, 4.69) is 15.9 Å². The van der Waals surface area contributed by atoms with Crippen molar-refractivity contribution in [3.8, 4) is 5.75 Å². The van der Waals surface area contributed by atoms with Gasteiger partial charge in [-0.25, -0.2) is 4.39 Å². The molecule has 0 amide bonds. The van der Waals surface area contributed by atoms with Gasteiger partial charge in [0.2, 0.25) is 0 Å². The largest absolute Gasteiger partial charge is 0.493 e. The number of rotatable bonds is 0. The fraction of sp³-hybridized carbons (Fsp3) is 0.333. The summed E-state index contributed by atoms with van der Waals surface area (Å²) < 4.78 is 18.8. The lowest BCUT2D eigenvalue weighted by Gasteiger charge is -2.22. The topological polar surface area (TPSA) is 9.23 Å². The maximum Gasteiger partial charge on any atom is 0.149 e. The third-order valence-electron chi connectivity index (χ3n) is 2.03. The highest BCUT2D eigenvalue weighted by Gasteiger charge is 2.24. The average Bonchev–Trinajstić information content (AvgIpc) is 2.12. The first-order valence-corrected chi connectivity index (χ1v) is 5.24. The standard InChI is InChI=1S/C9H7BrClFO/c10-5-3-4-13-7-2-1-6(11)9(12)8(5)7/h1-2,5H,3-4H2. The predicted octanol–water partition coefficient (Wildman–Crippen LogP) is 3.70. The zero-order chi connectivity index (χ0) is 9.42. The van der Waals surface area contributed by atoms with Crippen LogP contribution in [0.5, 0.6) is 5.75 Å². The highest BCUT2D eigenvalue weighted by Crippen LogP contribution is 2.41. The number of hydrogen-bond donors (Lipinski definition) is 0. The summed E-state index contributed by atoms with van der Waals surface area (Å²) in [6.45, 7) is 0.615. The minimum atomic E-state index is -0.374. The molecule has 1 aliphatic rings. The Hall–Kier alpha value is -0.280. The lowest BCUT2D eigenvalue weighted by molar-refractivity contribution is 0.283. The molecule has 1 aromatic carbocycles. The van der Waals surface area contributed by atoms with Crippen LogP contribution in [-0.4, -0.2) is 6.61 Å². The Morgan fingerprint density at radius 3 is 3.08 bits per heavy atom. The molecule has 1 nitrogen and oxygen atoms in total. The summed E-state index contributed by atoms with van der Waals surface area (Å²) in [5.41, 5.74) is 0.541. The summed E-state index contributed by atoms with van der Waals surface area (Å²) in [7, 11) is 0. The predicted molar refractivity (Wildman–Crippen MR) is 53.2 cm³/mol. The van der Waals surface area contributed by atoms with Gasteiger partial charge in [-0.1, -0.05) is 27.5 Å². The number of alkyl halides is 1. The van der Waals surface area contributed by atoms with Gasteiger partial charge in [0.15, 0.2) is 0 Å². The van der Waals surface area contributed by atoms with Gasteiger partial charge in [0.1, 0.15) is 11.6 Å². The van der Waals surface area contributed by atoms with Crippen molar-refractivity contribution in [2.75, 3.05) is 6.61 Å². The molecule has 0 saturated heterocycles. The Balaban J connectivity index is 2.58. The summed E-state index contributed by atoms with van der Waals surface area (Å²) in [4.78, 5) is 0.00921. The van der Waals surface area contributed by atoms with Crippen LogP contribution < -0.4 is 4.74 Å². The Bertz CT molecular complexity index is 343. The second-order valence-electron chi connectivity index (χ2n) is 2.88. The molecule has 1 atom stereocenters. The summed E-state index contributed by atoms with van der Waals surface area (Å²) in [5.74, 6) is 0.218. The fourth-order valence-corrected chi connectivity index (χ4v) is 2.16. The highest BCUT2D eigenvalue weighted by molar-refractivity contribution is 9.09. The Labute approximate surface area is 89.0 Å². The summed E-state index contributed by atoms with van der Waals surface area (Å²) in [6, 6.07) is 3.22. The summed E-state index contributed by atoms with van der Waals surface area (Å²) >= 11 is 9.05. The molecule has 0 saturated carbocycles. The average molecular weight is 266 g/mol. The molecule has 0 bridgehead atoms. The monoisotopic (exact) mass is 264 g/mol.